The minimum Gasteiger partial charge on any atom is -0.387 e. The van der Waals surface area contributed by atoms with Gasteiger partial charge in [-0.15, -0.1) is 0 Å². The molecule has 0 saturated carbocycles. The van der Waals surface area contributed by atoms with Gasteiger partial charge in [0.15, 0.2) is 0 Å². The highest BCUT2D eigenvalue weighted by molar-refractivity contribution is 5.22. The van der Waals surface area contributed by atoms with Gasteiger partial charge in [-0.2, -0.15) is 13.2 Å². The maximum absolute atomic E-state index is 13.3. The Kier molecular flexibility index (Phi) is 6.35. The molecule has 0 fully saturated rings. The number of unbranched alkanes of at least 4 members (excludes halogenated alkanes) is 1. The molecule has 0 aliphatic rings. The third kappa shape index (κ3) is 5.83. The second-order valence-corrected chi connectivity index (χ2v) is 4.43. The van der Waals surface area contributed by atoms with E-state index in [0.717, 1.165) is 12.1 Å². The quantitative estimate of drug-likeness (QED) is 0.598. The second-order valence-electron chi connectivity index (χ2n) is 4.43. The van der Waals surface area contributed by atoms with Crippen LogP contribution in [0.3, 0.4) is 0 Å². The number of nitrogens with one attached hydrogen (secondary N) is 1. The minimum absolute atomic E-state index is 0.0271. The first-order chi connectivity index (χ1) is 9.31. The van der Waals surface area contributed by atoms with E-state index in [0.29, 0.717) is 0 Å². The first-order valence-electron chi connectivity index (χ1n) is 6.20. The molecular formula is C13H16F5NO. The zero-order valence-electron chi connectivity index (χ0n) is 10.7. The normalized spacial score (nSPS) is 13.5. The van der Waals surface area contributed by atoms with E-state index in [2.05, 4.69) is 5.32 Å². The molecule has 1 unspecified atom stereocenters. The van der Waals surface area contributed by atoms with Gasteiger partial charge in [0.05, 0.1) is 11.7 Å². The van der Waals surface area contributed by atoms with Gasteiger partial charge in [0.1, 0.15) is 11.6 Å². The van der Waals surface area contributed by atoms with Crippen LogP contribution in [0.25, 0.3) is 0 Å². The number of aliphatic hydroxyl groups excluding tert-OH is 1. The van der Waals surface area contributed by atoms with Crippen molar-refractivity contribution in [2.45, 2.75) is 31.5 Å². The molecule has 2 N–H and O–H groups in total. The molecular weight excluding hydrogens is 281 g/mol. The lowest BCUT2D eigenvalue weighted by Crippen LogP contribution is -2.24. The van der Waals surface area contributed by atoms with E-state index in [-0.39, 0.29) is 25.9 Å². The highest BCUT2D eigenvalue weighted by Gasteiger charge is 2.25. The molecule has 0 saturated heterocycles. The van der Waals surface area contributed by atoms with E-state index < -0.39 is 35.9 Å². The van der Waals surface area contributed by atoms with Crippen LogP contribution in [-0.2, 0) is 0 Å². The topological polar surface area (TPSA) is 32.3 Å². The summed E-state index contributed by atoms with van der Waals surface area (Å²) in [5.41, 5.74) is -0.435. The number of aliphatic hydroxyl groups is 1. The van der Waals surface area contributed by atoms with E-state index in [1.54, 1.807) is 0 Å². The first kappa shape index (κ1) is 16.8. The van der Waals surface area contributed by atoms with Crippen molar-refractivity contribution in [2.24, 2.45) is 0 Å². The van der Waals surface area contributed by atoms with E-state index in [4.69, 9.17) is 0 Å². The number of alkyl halides is 3. The van der Waals surface area contributed by atoms with Gasteiger partial charge in [-0.3, -0.25) is 0 Å². The summed E-state index contributed by atoms with van der Waals surface area (Å²) in [5.74, 6) is -1.70. The van der Waals surface area contributed by atoms with Crippen molar-refractivity contribution in [3.8, 4) is 0 Å². The Balaban J connectivity index is 2.29. The van der Waals surface area contributed by atoms with Crippen molar-refractivity contribution in [3.05, 3.63) is 35.4 Å². The summed E-state index contributed by atoms with van der Waals surface area (Å²) in [5, 5.41) is 12.3. The Morgan fingerprint density at radius 1 is 1.10 bits per heavy atom. The lowest BCUT2D eigenvalue weighted by molar-refractivity contribution is -0.135. The van der Waals surface area contributed by atoms with Crippen molar-refractivity contribution < 1.29 is 27.1 Å². The Hall–Kier alpha value is -1.21. The molecule has 1 atom stereocenters. The molecule has 0 heterocycles. The van der Waals surface area contributed by atoms with Gasteiger partial charge in [-0.05, 0) is 31.5 Å². The van der Waals surface area contributed by atoms with Gasteiger partial charge in [0, 0.05) is 13.0 Å². The van der Waals surface area contributed by atoms with Gasteiger partial charge in [-0.1, -0.05) is 6.07 Å². The molecule has 2 nitrogen and oxygen atoms in total. The molecule has 0 aromatic heterocycles. The predicted octanol–water partition coefficient (Wildman–Crippen LogP) is 3.32. The molecule has 7 heteroatoms. The van der Waals surface area contributed by atoms with Gasteiger partial charge >= 0.3 is 6.18 Å². The maximum atomic E-state index is 13.3. The van der Waals surface area contributed by atoms with Crippen LogP contribution in [0.4, 0.5) is 22.0 Å². The van der Waals surface area contributed by atoms with Crippen LogP contribution in [0.1, 0.15) is 30.9 Å². The van der Waals surface area contributed by atoms with E-state index >= 15 is 0 Å². The fourth-order valence-corrected chi connectivity index (χ4v) is 1.75. The van der Waals surface area contributed by atoms with Gasteiger partial charge in [0.2, 0.25) is 0 Å². The minimum atomic E-state index is -4.17. The number of hydrogen-bond acceptors (Lipinski definition) is 2. The second kappa shape index (κ2) is 7.54. The van der Waals surface area contributed by atoms with Crippen LogP contribution in [0.2, 0.25) is 0 Å². The highest BCUT2D eigenvalue weighted by atomic mass is 19.4. The number of halogens is 5. The summed E-state index contributed by atoms with van der Waals surface area (Å²) in [6.45, 7) is 0.118. The lowest BCUT2D eigenvalue weighted by atomic mass is 10.1. The van der Waals surface area contributed by atoms with Crippen molar-refractivity contribution in [2.75, 3.05) is 13.1 Å². The Morgan fingerprint density at radius 3 is 2.25 bits per heavy atom. The monoisotopic (exact) mass is 297 g/mol. The molecule has 114 valence electrons. The number of hydrogen-bond donors (Lipinski definition) is 2. The molecule has 1 rings (SSSR count). The number of benzene rings is 1. The zero-order chi connectivity index (χ0) is 15.2. The standard InChI is InChI=1S/C13H16F5NO/c14-9-4-3-5-10(15)12(9)11(20)8-19-7-2-1-6-13(16,17)18/h3-5,11,19-20H,1-2,6-8H2. The van der Waals surface area contributed by atoms with E-state index in [1.165, 1.54) is 6.07 Å². The third-order valence-corrected chi connectivity index (χ3v) is 2.73. The van der Waals surface area contributed by atoms with Gasteiger partial charge in [-0.25, -0.2) is 8.78 Å². The molecule has 0 aliphatic heterocycles. The molecule has 0 amide bonds. The SMILES string of the molecule is OC(CNCCCCC(F)(F)F)c1c(F)cccc1F. The molecule has 0 radical (unpaired) electrons. The molecule has 20 heavy (non-hydrogen) atoms. The Bertz CT molecular complexity index is 401. The molecule has 0 spiro atoms. The highest BCUT2D eigenvalue weighted by Crippen LogP contribution is 2.22. The molecule has 0 bridgehead atoms. The van der Waals surface area contributed by atoms with Crippen LogP contribution >= 0.6 is 0 Å². The molecule has 1 aromatic carbocycles. The van der Waals surface area contributed by atoms with Crippen LogP contribution in [0.15, 0.2) is 18.2 Å². The number of rotatable bonds is 7. The van der Waals surface area contributed by atoms with Crippen molar-refractivity contribution >= 4 is 0 Å². The largest absolute Gasteiger partial charge is 0.389 e. The Labute approximate surface area is 113 Å². The van der Waals surface area contributed by atoms with Crippen LogP contribution in [-0.4, -0.2) is 24.4 Å². The van der Waals surface area contributed by atoms with Crippen molar-refractivity contribution in [1.82, 2.24) is 5.32 Å². The fraction of sp³-hybridized carbons (Fsp3) is 0.538. The maximum Gasteiger partial charge on any atom is 0.389 e. The summed E-state index contributed by atoms with van der Waals surface area (Å²) in [4.78, 5) is 0. The zero-order valence-corrected chi connectivity index (χ0v) is 10.7. The summed E-state index contributed by atoms with van der Waals surface area (Å²) in [6.07, 6.45) is -6.17. The van der Waals surface area contributed by atoms with Gasteiger partial charge < -0.3 is 10.4 Å². The Morgan fingerprint density at radius 2 is 1.70 bits per heavy atom. The molecule has 0 aliphatic carbocycles. The van der Waals surface area contributed by atoms with E-state index in [9.17, 15) is 27.1 Å². The van der Waals surface area contributed by atoms with Crippen LogP contribution in [0, 0.1) is 11.6 Å². The summed E-state index contributed by atoms with van der Waals surface area (Å²) in [6, 6.07) is 3.25. The van der Waals surface area contributed by atoms with Gasteiger partial charge in [0.25, 0.3) is 0 Å². The van der Waals surface area contributed by atoms with Crippen LogP contribution < -0.4 is 5.32 Å². The summed E-state index contributed by atoms with van der Waals surface area (Å²) < 4.78 is 62.2. The third-order valence-electron chi connectivity index (χ3n) is 2.73. The van der Waals surface area contributed by atoms with E-state index in [1.807, 2.05) is 0 Å². The molecule has 1 aromatic rings. The average Bonchev–Trinajstić information content (AvgIpc) is 2.32. The summed E-state index contributed by atoms with van der Waals surface area (Å²) in [7, 11) is 0. The lowest BCUT2D eigenvalue weighted by Gasteiger charge is -2.14. The van der Waals surface area contributed by atoms with Crippen LogP contribution in [0.5, 0.6) is 0 Å². The summed E-state index contributed by atoms with van der Waals surface area (Å²) >= 11 is 0. The van der Waals surface area contributed by atoms with Crippen molar-refractivity contribution in [1.29, 1.82) is 0 Å². The fourth-order valence-electron chi connectivity index (χ4n) is 1.75. The van der Waals surface area contributed by atoms with Crippen molar-refractivity contribution in [3.63, 3.8) is 0 Å². The first-order valence-corrected chi connectivity index (χ1v) is 6.20. The average molecular weight is 297 g/mol. The smallest absolute Gasteiger partial charge is 0.387 e. The predicted molar refractivity (Wildman–Crippen MR) is 64.1 cm³/mol.